The summed E-state index contributed by atoms with van der Waals surface area (Å²) >= 11 is 0. The van der Waals surface area contributed by atoms with Gasteiger partial charge in [0.15, 0.2) is 0 Å². The van der Waals surface area contributed by atoms with Crippen LogP contribution < -0.4 is 5.32 Å². The lowest BCUT2D eigenvalue weighted by atomic mass is 9.81. The Hall–Kier alpha value is -0.340. The van der Waals surface area contributed by atoms with Gasteiger partial charge in [-0.1, -0.05) is 38.8 Å². The third-order valence-electron chi connectivity index (χ3n) is 3.70. The Morgan fingerprint density at radius 3 is 2.47 bits per heavy atom. The van der Waals surface area contributed by atoms with Crippen molar-refractivity contribution in [3.63, 3.8) is 0 Å². The molecule has 0 saturated carbocycles. The lowest BCUT2D eigenvalue weighted by Gasteiger charge is -2.37. The van der Waals surface area contributed by atoms with Crippen LogP contribution in [0.2, 0.25) is 0 Å². The quantitative estimate of drug-likeness (QED) is 0.758. The monoisotopic (exact) mass is 239 g/mol. The molecule has 1 N–H and O–H groups in total. The molecule has 100 valence electrons. The van der Waals surface area contributed by atoms with E-state index in [2.05, 4.69) is 32.2 Å². The molecule has 0 spiro atoms. The average Bonchev–Trinajstić information content (AvgIpc) is 2.52. The minimum Gasteiger partial charge on any atom is -0.379 e. The number of nitrogens with one attached hydrogen (secondary N) is 1. The highest BCUT2D eigenvalue weighted by atomic mass is 16.5. The van der Waals surface area contributed by atoms with Crippen LogP contribution in [0.1, 0.15) is 52.9 Å². The number of methoxy groups -OCH3 is 1. The summed E-state index contributed by atoms with van der Waals surface area (Å²) in [7, 11) is 3.88. The Labute approximate surface area is 107 Å². The molecule has 0 saturated heterocycles. The summed E-state index contributed by atoms with van der Waals surface area (Å²) in [5.74, 6) is 0. The van der Waals surface area contributed by atoms with Crippen molar-refractivity contribution in [1.29, 1.82) is 0 Å². The molecular weight excluding hydrogens is 210 g/mol. The van der Waals surface area contributed by atoms with Crippen LogP contribution in [-0.4, -0.2) is 26.3 Å². The van der Waals surface area contributed by atoms with Crippen LogP contribution >= 0.6 is 0 Å². The molecule has 0 amide bonds. The molecule has 0 radical (unpaired) electrons. The third kappa shape index (κ3) is 4.11. The minimum absolute atomic E-state index is 0.162. The van der Waals surface area contributed by atoms with E-state index in [0.717, 1.165) is 0 Å². The zero-order valence-electron chi connectivity index (χ0n) is 12.2. The van der Waals surface area contributed by atoms with Gasteiger partial charge in [-0.05, 0) is 38.1 Å². The highest BCUT2D eigenvalue weighted by Crippen LogP contribution is 2.30. The Morgan fingerprint density at radius 1 is 1.24 bits per heavy atom. The maximum atomic E-state index is 5.76. The second kappa shape index (κ2) is 6.55. The van der Waals surface area contributed by atoms with Crippen molar-refractivity contribution in [3.8, 4) is 0 Å². The first-order chi connectivity index (χ1) is 8.00. The molecule has 2 atom stereocenters. The number of ether oxygens (including phenoxy) is 1. The first-order valence-electron chi connectivity index (χ1n) is 6.89. The van der Waals surface area contributed by atoms with Crippen LogP contribution in [0.25, 0.3) is 0 Å². The Morgan fingerprint density at radius 2 is 1.94 bits per heavy atom. The van der Waals surface area contributed by atoms with E-state index in [-0.39, 0.29) is 11.5 Å². The molecule has 0 aromatic carbocycles. The Balaban J connectivity index is 2.84. The van der Waals surface area contributed by atoms with Crippen LogP contribution in [0.4, 0.5) is 0 Å². The number of hydrogen-bond donors (Lipinski definition) is 1. The summed E-state index contributed by atoms with van der Waals surface area (Å²) in [6.07, 6.45) is 9.15. The first kappa shape index (κ1) is 14.7. The van der Waals surface area contributed by atoms with Crippen molar-refractivity contribution < 1.29 is 4.74 Å². The summed E-state index contributed by atoms with van der Waals surface area (Å²) in [6.45, 7) is 6.76. The fraction of sp³-hybridized carbons (Fsp3) is 0.867. The maximum Gasteiger partial charge on any atom is 0.0810 e. The highest BCUT2D eigenvalue weighted by Gasteiger charge is 2.33. The Bertz CT molecular complexity index is 252. The van der Waals surface area contributed by atoms with Gasteiger partial charge in [0.05, 0.1) is 12.1 Å². The van der Waals surface area contributed by atoms with Crippen LogP contribution in [0.15, 0.2) is 11.6 Å². The molecule has 0 aromatic heterocycles. The van der Waals surface area contributed by atoms with Crippen molar-refractivity contribution in [2.45, 2.75) is 65.0 Å². The second-order valence-corrected chi connectivity index (χ2v) is 6.17. The van der Waals surface area contributed by atoms with Crippen LogP contribution in [0, 0.1) is 5.41 Å². The van der Waals surface area contributed by atoms with E-state index in [1.807, 2.05) is 14.2 Å². The van der Waals surface area contributed by atoms with E-state index in [1.54, 1.807) is 5.57 Å². The van der Waals surface area contributed by atoms with Gasteiger partial charge in [0.2, 0.25) is 0 Å². The third-order valence-corrected chi connectivity index (χ3v) is 3.70. The molecule has 2 nitrogen and oxygen atoms in total. The average molecular weight is 239 g/mol. The smallest absolute Gasteiger partial charge is 0.0810 e. The van der Waals surface area contributed by atoms with E-state index in [0.29, 0.717) is 6.04 Å². The van der Waals surface area contributed by atoms with Gasteiger partial charge in [-0.15, -0.1) is 0 Å². The summed E-state index contributed by atoms with van der Waals surface area (Å²) in [6, 6.07) is 0.359. The molecule has 0 bridgehead atoms. The molecule has 1 rings (SSSR count). The van der Waals surface area contributed by atoms with Gasteiger partial charge in [0, 0.05) is 7.11 Å². The van der Waals surface area contributed by atoms with E-state index in [4.69, 9.17) is 4.74 Å². The maximum absolute atomic E-state index is 5.76. The Kier molecular flexibility index (Phi) is 5.68. The molecule has 0 aliphatic heterocycles. The molecule has 2 unspecified atom stereocenters. The van der Waals surface area contributed by atoms with Crippen LogP contribution in [0.3, 0.4) is 0 Å². The zero-order valence-corrected chi connectivity index (χ0v) is 12.2. The molecule has 0 fully saturated rings. The number of likely N-dealkylation sites (N-methyl/N-ethyl adjacent to an activating group) is 1. The predicted octanol–water partition coefficient (Wildman–Crippen LogP) is 3.53. The van der Waals surface area contributed by atoms with Gasteiger partial charge in [-0.2, -0.15) is 0 Å². The summed E-state index contributed by atoms with van der Waals surface area (Å²) in [4.78, 5) is 0. The molecule has 0 aromatic rings. The highest BCUT2D eigenvalue weighted by molar-refractivity contribution is 5.15. The second-order valence-electron chi connectivity index (χ2n) is 6.17. The lowest BCUT2D eigenvalue weighted by Crippen LogP contribution is -2.47. The summed E-state index contributed by atoms with van der Waals surface area (Å²) < 4.78 is 5.76. The van der Waals surface area contributed by atoms with Crippen LogP contribution in [-0.2, 0) is 4.74 Å². The predicted molar refractivity (Wildman–Crippen MR) is 74.3 cm³/mol. The van der Waals surface area contributed by atoms with Gasteiger partial charge in [-0.3, -0.25) is 0 Å². The zero-order chi connectivity index (χ0) is 12.9. The van der Waals surface area contributed by atoms with Crippen molar-refractivity contribution in [2.75, 3.05) is 14.2 Å². The normalized spacial score (nSPS) is 21.6. The topological polar surface area (TPSA) is 21.3 Å². The standard InChI is InChI=1S/C15H29NO/c1-15(2,3)14(17-5)13(16-4)12-10-8-6-7-9-11-12/h10,13-14,16H,6-9,11H2,1-5H3. The van der Waals surface area contributed by atoms with Crippen molar-refractivity contribution in [2.24, 2.45) is 5.41 Å². The SMILES string of the molecule is CNC(C1=CCCCCC1)C(OC)C(C)(C)C. The number of rotatable bonds is 4. The van der Waals surface area contributed by atoms with Gasteiger partial charge in [0.1, 0.15) is 0 Å². The van der Waals surface area contributed by atoms with Crippen molar-refractivity contribution in [1.82, 2.24) is 5.32 Å². The first-order valence-corrected chi connectivity index (χ1v) is 6.89. The largest absolute Gasteiger partial charge is 0.379 e. The van der Waals surface area contributed by atoms with Crippen molar-refractivity contribution in [3.05, 3.63) is 11.6 Å². The van der Waals surface area contributed by atoms with Gasteiger partial charge in [0.25, 0.3) is 0 Å². The molecule has 17 heavy (non-hydrogen) atoms. The molecule has 0 heterocycles. The molecule has 2 heteroatoms. The van der Waals surface area contributed by atoms with E-state index >= 15 is 0 Å². The van der Waals surface area contributed by atoms with E-state index < -0.39 is 0 Å². The molecule has 1 aliphatic rings. The van der Waals surface area contributed by atoms with Gasteiger partial charge >= 0.3 is 0 Å². The summed E-state index contributed by atoms with van der Waals surface area (Å²) in [5.41, 5.74) is 1.71. The lowest BCUT2D eigenvalue weighted by molar-refractivity contribution is -0.00151. The number of allylic oxidation sites excluding steroid dienone is 1. The van der Waals surface area contributed by atoms with E-state index in [9.17, 15) is 0 Å². The van der Waals surface area contributed by atoms with Gasteiger partial charge in [-0.25, -0.2) is 0 Å². The molecule has 1 aliphatic carbocycles. The van der Waals surface area contributed by atoms with Crippen molar-refractivity contribution >= 4 is 0 Å². The summed E-state index contributed by atoms with van der Waals surface area (Å²) in [5, 5.41) is 3.46. The fourth-order valence-electron chi connectivity index (χ4n) is 2.84. The van der Waals surface area contributed by atoms with Gasteiger partial charge < -0.3 is 10.1 Å². The van der Waals surface area contributed by atoms with Crippen LogP contribution in [0.5, 0.6) is 0 Å². The number of hydrogen-bond acceptors (Lipinski definition) is 2. The minimum atomic E-state index is 0.162. The molecular formula is C15H29NO. The fourth-order valence-corrected chi connectivity index (χ4v) is 2.84. The van der Waals surface area contributed by atoms with E-state index in [1.165, 1.54) is 32.1 Å².